The third-order valence-corrected chi connectivity index (χ3v) is 4.69. The van der Waals surface area contributed by atoms with Crippen LogP contribution in [0.4, 0.5) is 0 Å². The molecule has 0 amide bonds. The van der Waals surface area contributed by atoms with Gasteiger partial charge in [-0.25, -0.2) is 0 Å². The van der Waals surface area contributed by atoms with Crippen LogP contribution in [-0.4, -0.2) is 22.9 Å². The topological polar surface area (TPSA) is 25.8 Å². The molecule has 0 saturated heterocycles. The van der Waals surface area contributed by atoms with E-state index in [4.69, 9.17) is 0 Å². The van der Waals surface area contributed by atoms with Crippen molar-refractivity contribution in [2.75, 3.05) is 0 Å². The fourth-order valence-corrected chi connectivity index (χ4v) is 3.77. The summed E-state index contributed by atoms with van der Waals surface area (Å²) in [5.74, 6) is 0. The van der Waals surface area contributed by atoms with Gasteiger partial charge in [-0.1, -0.05) is 0 Å². The maximum atomic E-state index is 4.66. The molecule has 0 saturated carbocycles. The summed E-state index contributed by atoms with van der Waals surface area (Å²) < 4.78 is 9.32. The Morgan fingerprint density at radius 1 is 0.524 bits per heavy atom. The molecule has 0 aliphatic rings. The fraction of sp³-hybridized carbons (Fsp3) is 0. The fourth-order valence-electron chi connectivity index (χ4n) is 2.57. The van der Waals surface area contributed by atoms with Gasteiger partial charge >= 0.3 is 129 Å². The van der Waals surface area contributed by atoms with E-state index in [2.05, 4.69) is 68.6 Å². The minimum absolute atomic E-state index is 0.0310. The second-order valence-corrected chi connectivity index (χ2v) is 5.96. The molecule has 0 aliphatic heterocycles. The number of rotatable bonds is 2. The van der Waals surface area contributed by atoms with Crippen LogP contribution in [0.2, 0.25) is 0 Å². The van der Waals surface area contributed by atoms with Crippen molar-refractivity contribution in [1.29, 1.82) is 0 Å². The molecule has 0 aliphatic carbocycles. The van der Waals surface area contributed by atoms with Crippen LogP contribution >= 0.6 is 0 Å². The average Bonchev–Trinajstić information content (AvgIpc) is 3.05. The molecule has 21 heavy (non-hydrogen) atoms. The first-order valence-corrected chi connectivity index (χ1v) is 8.33. The summed E-state index contributed by atoms with van der Waals surface area (Å²) in [6.45, 7) is 0. The monoisotopic (exact) mass is 336 g/mol. The standard InChI is InChI=1S/C18H12N2Se/c1-3-7-13(8-4-1)15-11-12-16(14-9-5-2-6-10-14)18-17(15)19-21-20-18/h1-12H. The molecular weight excluding hydrogens is 323 g/mol. The third kappa shape index (κ3) is 2.21. The van der Waals surface area contributed by atoms with E-state index in [9.17, 15) is 0 Å². The Morgan fingerprint density at radius 2 is 0.952 bits per heavy atom. The molecule has 0 N–H and O–H groups in total. The van der Waals surface area contributed by atoms with Crippen molar-refractivity contribution in [2.24, 2.45) is 0 Å². The number of fused-ring (bicyclic) bond motifs is 1. The average molecular weight is 335 g/mol. The Morgan fingerprint density at radius 3 is 1.38 bits per heavy atom. The second kappa shape index (κ2) is 5.28. The molecule has 3 aromatic carbocycles. The zero-order valence-corrected chi connectivity index (χ0v) is 12.9. The molecule has 0 unspecified atom stereocenters. The van der Waals surface area contributed by atoms with Gasteiger partial charge in [0, 0.05) is 0 Å². The van der Waals surface area contributed by atoms with Crippen molar-refractivity contribution < 1.29 is 0 Å². The Kier molecular flexibility index (Phi) is 3.15. The quantitative estimate of drug-likeness (QED) is 0.517. The van der Waals surface area contributed by atoms with Gasteiger partial charge in [0.1, 0.15) is 0 Å². The van der Waals surface area contributed by atoms with Crippen molar-refractivity contribution >= 4 is 26.0 Å². The van der Waals surface area contributed by atoms with E-state index in [0.717, 1.165) is 11.0 Å². The molecule has 0 radical (unpaired) electrons. The summed E-state index contributed by atoms with van der Waals surface area (Å²) in [4.78, 5) is 0. The van der Waals surface area contributed by atoms with Crippen molar-refractivity contribution in [2.45, 2.75) is 0 Å². The second-order valence-electron chi connectivity index (χ2n) is 4.85. The first kappa shape index (κ1) is 12.5. The van der Waals surface area contributed by atoms with Gasteiger partial charge in [-0.2, -0.15) is 0 Å². The van der Waals surface area contributed by atoms with E-state index in [1.807, 2.05) is 12.1 Å². The molecule has 1 heterocycles. The molecule has 0 bridgehead atoms. The predicted molar refractivity (Wildman–Crippen MR) is 87.4 cm³/mol. The summed E-state index contributed by atoms with van der Waals surface area (Å²) in [5.41, 5.74) is 6.84. The van der Waals surface area contributed by atoms with Crippen LogP contribution < -0.4 is 0 Å². The first-order valence-electron chi connectivity index (χ1n) is 6.79. The molecule has 2 nitrogen and oxygen atoms in total. The number of hydrogen-bond donors (Lipinski definition) is 0. The molecular formula is C18H12N2Se. The van der Waals surface area contributed by atoms with Gasteiger partial charge in [0.05, 0.1) is 0 Å². The number of nitrogens with zero attached hydrogens (tertiary/aromatic N) is 2. The van der Waals surface area contributed by atoms with Gasteiger partial charge in [0.15, 0.2) is 0 Å². The van der Waals surface area contributed by atoms with E-state index >= 15 is 0 Å². The van der Waals surface area contributed by atoms with Crippen molar-refractivity contribution in [3.05, 3.63) is 72.8 Å². The minimum atomic E-state index is -0.0310. The van der Waals surface area contributed by atoms with Gasteiger partial charge in [-0.15, -0.1) is 0 Å². The van der Waals surface area contributed by atoms with Crippen molar-refractivity contribution in [3.63, 3.8) is 0 Å². The normalized spacial score (nSPS) is 10.9. The first-order chi connectivity index (χ1) is 10.4. The van der Waals surface area contributed by atoms with Crippen LogP contribution in [-0.2, 0) is 0 Å². The van der Waals surface area contributed by atoms with E-state index in [-0.39, 0.29) is 15.0 Å². The van der Waals surface area contributed by atoms with Crippen molar-refractivity contribution in [1.82, 2.24) is 7.96 Å². The molecule has 1 aromatic heterocycles. The Hall–Kier alpha value is -2.22. The number of benzene rings is 3. The molecule has 0 fully saturated rings. The van der Waals surface area contributed by atoms with Crippen LogP contribution in [0.3, 0.4) is 0 Å². The predicted octanol–water partition coefficient (Wildman–Crippen LogP) is 4.02. The summed E-state index contributed by atoms with van der Waals surface area (Å²) in [6, 6.07) is 25.1. The van der Waals surface area contributed by atoms with E-state index in [0.29, 0.717) is 0 Å². The SMILES string of the molecule is c1ccc(-c2ccc(-c3ccccc3)c3n[se]nc23)cc1. The molecule has 3 heteroatoms. The molecule has 0 spiro atoms. The summed E-state index contributed by atoms with van der Waals surface area (Å²) >= 11 is -0.0310. The molecule has 4 rings (SSSR count). The van der Waals surface area contributed by atoms with Crippen LogP contribution in [0.15, 0.2) is 72.8 Å². The van der Waals surface area contributed by atoms with Crippen LogP contribution in [0.5, 0.6) is 0 Å². The Labute approximate surface area is 129 Å². The van der Waals surface area contributed by atoms with E-state index < -0.39 is 0 Å². The van der Waals surface area contributed by atoms with E-state index in [1.54, 1.807) is 0 Å². The Bertz CT molecular complexity index is 809. The third-order valence-electron chi connectivity index (χ3n) is 3.59. The molecule has 0 atom stereocenters. The van der Waals surface area contributed by atoms with Gasteiger partial charge < -0.3 is 0 Å². The number of hydrogen-bond acceptors (Lipinski definition) is 2. The van der Waals surface area contributed by atoms with Crippen LogP contribution in [0, 0.1) is 0 Å². The van der Waals surface area contributed by atoms with Gasteiger partial charge in [-0.3, -0.25) is 0 Å². The molecule has 4 aromatic rings. The number of aromatic nitrogens is 2. The zero-order valence-electron chi connectivity index (χ0n) is 11.2. The summed E-state index contributed by atoms with van der Waals surface area (Å²) in [6.07, 6.45) is 0. The van der Waals surface area contributed by atoms with Gasteiger partial charge in [0.2, 0.25) is 0 Å². The van der Waals surface area contributed by atoms with Crippen LogP contribution in [0.25, 0.3) is 33.3 Å². The maximum absolute atomic E-state index is 4.66. The van der Waals surface area contributed by atoms with Crippen molar-refractivity contribution in [3.8, 4) is 22.3 Å². The Balaban J connectivity index is 1.97. The van der Waals surface area contributed by atoms with Crippen LogP contribution in [0.1, 0.15) is 0 Å². The van der Waals surface area contributed by atoms with E-state index in [1.165, 1.54) is 22.3 Å². The summed E-state index contributed by atoms with van der Waals surface area (Å²) in [5, 5.41) is 0. The van der Waals surface area contributed by atoms with Gasteiger partial charge in [0.25, 0.3) is 0 Å². The summed E-state index contributed by atoms with van der Waals surface area (Å²) in [7, 11) is 0. The molecule has 100 valence electrons. The van der Waals surface area contributed by atoms with Gasteiger partial charge in [-0.05, 0) is 0 Å². The zero-order chi connectivity index (χ0) is 14.1.